The molecule has 1 unspecified atom stereocenters. The molecule has 1 N–H and O–H groups in total. The third-order valence-corrected chi connectivity index (χ3v) is 3.88. The highest BCUT2D eigenvalue weighted by atomic mass is 79.9. The van der Waals surface area contributed by atoms with E-state index in [0.29, 0.717) is 0 Å². The van der Waals surface area contributed by atoms with E-state index in [1.807, 2.05) is 32.2 Å². The Bertz CT molecular complexity index is 551. The Kier molecular flexibility index (Phi) is 4.72. The van der Waals surface area contributed by atoms with Crippen molar-refractivity contribution in [1.82, 2.24) is 5.32 Å². The van der Waals surface area contributed by atoms with E-state index in [1.54, 1.807) is 6.07 Å². The predicted octanol–water partition coefficient (Wildman–Crippen LogP) is 4.40. The molecular formula is C16H17BrFN. The first-order valence-corrected chi connectivity index (χ1v) is 7.07. The van der Waals surface area contributed by atoms with Crippen molar-refractivity contribution in [2.45, 2.75) is 19.4 Å². The molecule has 0 fully saturated rings. The molecule has 0 amide bonds. The van der Waals surface area contributed by atoms with Gasteiger partial charge in [-0.05, 0) is 61.3 Å². The molecule has 0 spiro atoms. The largest absolute Gasteiger partial charge is 0.313 e. The van der Waals surface area contributed by atoms with Gasteiger partial charge in [-0.3, -0.25) is 0 Å². The molecule has 2 aromatic rings. The van der Waals surface area contributed by atoms with E-state index in [-0.39, 0.29) is 11.9 Å². The molecule has 2 aromatic carbocycles. The summed E-state index contributed by atoms with van der Waals surface area (Å²) in [5, 5.41) is 3.30. The Labute approximate surface area is 122 Å². The van der Waals surface area contributed by atoms with Crippen molar-refractivity contribution >= 4 is 15.9 Å². The SMILES string of the molecule is CNC(Cc1cc(F)ccc1C)c1ccc(Br)cc1. The molecule has 0 bridgehead atoms. The molecule has 1 atom stereocenters. The minimum Gasteiger partial charge on any atom is -0.313 e. The quantitative estimate of drug-likeness (QED) is 0.880. The van der Waals surface area contributed by atoms with Gasteiger partial charge in [-0.2, -0.15) is 0 Å². The Morgan fingerprint density at radius 1 is 1.16 bits per heavy atom. The zero-order chi connectivity index (χ0) is 13.8. The third-order valence-electron chi connectivity index (χ3n) is 3.36. The summed E-state index contributed by atoms with van der Waals surface area (Å²) in [5.74, 6) is -0.175. The maximum Gasteiger partial charge on any atom is 0.123 e. The van der Waals surface area contributed by atoms with Gasteiger partial charge in [0.2, 0.25) is 0 Å². The summed E-state index contributed by atoms with van der Waals surface area (Å²) < 4.78 is 14.4. The lowest BCUT2D eigenvalue weighted by Gasteiger charge is -2.18. The fraction of sp³-hybridized carbons (Fsp3) is 0.250. The van der Waals surface area contributed by atoms with Crippen LogP contribution in [-0.4, -0.2) is 7.05 Å². The normalized spacial score (nSPS) is 12.4. The van der Waals surface area contributed by atoms with Crippen LogP contribution < -0.4 is 5.32 Å². The summed E-state index contributed by atoms with van der Waals surface area (Å²) in [6, 6.07) is 13.4. The highest BCUT2D eigenvalue weighted by Crippen LogP contribution is 2.22. The maximum atomic E-state index is 13.3. The minimum absolute atomic E-state index is 0.175. The first kappa shape index (κ1) is 14.2. The number of rotatable bonds is 4. The van der Waals surface area contributed by atoms with E-state index >= 15 is 0 Å². The highest BCUT2D eigenvalue weighted by Gasteiger charge is 2.12. The van der Waals surface area contributed by atoms with Crippen LogP contribution in [0.15, 0.2) is 46.9 Å². The van der Waals surface area contributed by atoms with Crippen molar-refractivity contribution in [3.05, 3.63) is 69.4 Å². The van der Waals surface area contributed by atoms with Gasteiger partial charge in [0.05, 0.1) is 0 Å². The fourth-order valence-electron chi connectivity index (χ4n) is 2.16. The van der Waals surface area contributed by atoms with Gasteiger partial charge in [0.25, 0.3) is 0 Å². The topological polar surface area (TPSA) is 12.0 Å². The highest BCUT2D eigenvalue weighted by molar-refractivity contribution is 9.10. The van der Waals surface area contributed by atoms with Gasteiger partial charge in [-0.1, -0.05) is 34.1 Å². The van der Waals surface area contributed by atoms with Gasteiger partial charge in [0.15, 0.2) is 0 Å². The molecule has 100 valence electrons. The molecule has 0 aromatic heterocycles. The summed E-state index contributed by atoms with van der Waals surface area (Å²) in [6.07, 6.45) is 0.779. The molecule has 0 saturated heterocycles. The van der Waals surface area contributed by atoms with Crippen LogP contribution in [0, 0.1) is 12.7 Å². The van der Waals surface area contributed by atoms with Crippen molar-refractivity contribution < 1.29 is 4.39 Å². The van der Waals surface area contributed by atoms with Crippen molar-refractivity contribution in [2.24, 2.45) is 0 Å². The first-order chi connectivity index (χ1) is 9.10. The van der Waals surface area contributed by atoms with Crippen LogP contribution >= 0.6 is 15.9 Å². The number of hydrogen-bond acceptors (Lipinski definition) is 1. The molecule has 0 heterocycles. The van der Waals surface area contributed by atoms with E-state index < -0.39 is 0 Å². The zero-order valence-electron chi connectivity index (χ0n) is 11.1. The second-order valence-corrected chi connectivity index (χ2v) is 5.58. The summed E-state index contributed by atoms with van der Waals surface area (Å²) in [7, 11) is 1.93. The van der Waals surface area contributed by atoms with Gasteiger partial charge in [0, 0.05) is 10.5 Å². The molecule has 1 nitrogen and oxygen atoms in total. The van der Waals surface area contributed by atoms with Gasteiger partial charge >= 0.3 is 0 Å². The Hall–Kier alpha value is -1.19. The smallest absolute Gasteiger partial charge is 0.123 e. The second-order valence-electron chi connectivity index (χ2n) is 4.67. The lowest BCUT2D eigenvalue weighted by atomic mass is 9.96. The monoisotopic (exact) mass is 321 g/mol. The molecule has 0 aliphatic heterocycles. The summed E-state index contributed by atoms with van der Waals surface area (Å²) in [6.45, 7) is 2.02. The van der Waals surface area contributed by atoms with Gasteiger partial charge in [-0.15, -0.1) is 0 Å². The van der Waals surface area contributed by atoms with Gasteiger partial charge < -0.3 is 5.32 Å². The number of halogens is 2. The van der Waals surface area contributed by atoms with Crippen LogP contribution in [0.4, 0.5) is 4.39 Å². The number of aryl methyl sites for hydroxylation is 1. The third kappa shape index (κ3) is 3.64. The average molecular weight is 322 g/mol. The van der Waals surface area contributed by atoms with E-state index in [4.69, 9.17) is 0 Å². The number of nitrogens with one attached hydrogen (secondary N) is 1. The lowest BCUT2D eigenvalue weighted by molar-refractivity contribution is 0.582. The van der Waals surface area contributed by atoms with E-state index in [2.05, 4.69) is 33.4 Å². The molecule has 0 radical (unpaired) electrons. The van der Waals surface area contributed by atoms with Crippen LogP contribution in [0.3, 0.4) is 0 Å². The molecule has 3 heteroatoms. The van der Waals surface area contributed by atoms with Crippen molar-refractivity contribution in [3.8, 4) is 0 Å². The van der Waals surface area contributed by atoms with E-state index in [0.717, 1.165) is 22.0 Å². The molecular weight excluding hydrogens is 305 g/mol. The summed E-state index contributed by atoms with van der Waals surface area (Å²) >= 11 is 3.43. The fourth-order valence-corrected chi connectivity index (χ4v) is 2.43. The molecule has 0 saturated carbocycles. The molecule has 0 aliphatic rings. The number of benzene rings is 2. The van der Waals surface area contributed by atoms with Crippen molar-refractivity contribution in [2.75, 3.05) is 7.05 Å². The van der Waals surface area contributed by atoms with Crippen LogP contribution in [0.5, 0.6) is 0 Å². The molecule has 19 heavy (non-hydrogen) atoms. The Balaban J connectivity index is 2.23. The lowest BCUT2D eigenvalue weighted by Crippen LogP contribution is -2.19. The summed E-state index contributed by atoms with van der Waals surface area (Å²) in [4.78, 5) is 0. The van der Waals surface area contributed by atoms with Crippen LogP contribution in [0.1, 0.15) is 22.7 Å². The van der Waals surface area contributed by atoms with Crippen LogP contribution in [0.25, 0.3) is 0 Å². The number of hydrogen-bond donors (Lipinski definition) is 1. The summed E-state index contributed by atoms with van der Waals surface area (Å²) in [5.41, 5.74) is 3.37. The van der Waals surface area contributed by atoms with E-state index in [9.17, 15) is 4.39 Å². The second kappa shape index (κ2) is 6.31. The molecule has 0 aliphatic carbocycles. The van der Waals surface area contributed by atoms with Crippen molar-refractivity contribution in [1.29, 1.82) is 0 Å². The van der Waals surface area contributed by atoms with Crippen LogP contribution in [-0.2, 0) is 6.42 Å². The maximum absolute atomic E-state index is 13.3. The molecule has 2 rings (SSSR count). The average Bonchev–Trinajstić information content (AvgIpc) is 2.41. The minimum atomic E-state index is -0.175. The van der Waals surface area contributed by atoms with Gasteiger partial charge in [0.1, 0.15) is 5.82 Å². The first-order valence-electron chi connectivity index (χ1n) is 6.28. The van der Waals surface area contributed by atoms with Gasteiger partial charge in [-0.25, -0.2) is 4.39 Å². The Morgan fingerprint density at radius 3 is 2.47 bits per heavy atom. The van der Waals surface area contributed by atoms with E-state index in [1.165, 1.54) is 11.6 Å². The number of likely N-dealkylation sites (N-methyl/N-ethyl adjacent to an activating group) is 1. The standard InChI is InChI=1S/C16H17BrFN/c1-11-3-8-15(18)9-13(11)10-16(19-2)12-4-6-14(17)7-5-12/h3-9,16,19H,10H2,1-2H3. The van der Waals surface area contributed by atoms with Crippen molar-refractivity contribution in [3.63, 3.8) is 0 Å². The van der Waals surface area contributed by atoms with Crippen LogP contribution in [0.2, 0.25) is 0 Å². The predicted molar refractivity (Wildman–Crippen MR) is 80.8 cm³/mol. The zero-order valence-corrected chi connectivity index (χ0v) is 12.7. The Morgan fingerprint density at radius 2 is 1.84 bits per heavy atom.